The molecule has 1 amide bonds. The SMILES string of the molecule is CC1C(=O)Nc2ccc(-c3cnc(NCC(N)Cc4ccc(C(F)(F)F)cc4)s3)cc21. The third kappa shape index (κ3) is 4.72. The number of alkyl halides is 3. The number of carbonyl (C=O) groups is 1. The highest BCUT2D eigenvalue weighted by Crippen LogP contribution is 2.37. The van der Waals surface area contributed by atoms with Crippen LogP contribution < -0.4 is 16.4 Å². The van der Waals surface area contributed by atoms with Crippen molar-refractivity contribution in [3.05, 3.63) is 65.4 Å². The second-order valence-corrected chi connectivity index (χ2v) is 8.61. The number of nitrogens with two attached hydrogens (primary N) is 1. The number of halogens is 3. The van der Waals surface area contributed by atoms with E-state index in [9.17, 15) is 18.0 Å². The molecule has 0 spiro atoms. The highest BCUT2D eigenvalue weighted by molar-refractivity contribution is 7.18. The van der Waals surface area contributed by atoms with Crippen molar-refractivity contribution >= 4 is 28.1 Å². The Morgan fingerprint density at radius 2 is 1.97 bits per heavy atom. The maximum atomic E-state index is 12.7. The maximum absolute atomic E-state index is 12.7. The Hall–Kier alpha value is -2.91. The van der Waals surface area contributed by atoms with E-state index >= 15 is 0 Å². The van der Waals surface area contributed by atoms with Gasteiger partial charge in [0, 0.05) is 24.5 Å². The number of rotatable bonds is 6. The molecule has 1 aromatic heterocycles. The Bertz CT molecular complexity index is 1090. The number of nitrogens with zero attached hydrogens (tertiary/aromatic N) is 1. The molecule has 0 fully saturated rings. The van der Waals surface area contributed by atoms with Gasteiger partial charge in [-0.3, -0.25) is 4.79 Å². The number of amides is 1. The second-order valence-electron chi connectivity index (χ2n) is 7.58. The molecule has 4 N–H and O–H groups in total. The Morgan fingerprint density at radius 3 is 2.68 bits per heavy atom. The van der Waals surface area contributed by atoms with Gasteiger partial charge in [0.15, 0.2) is 5.13 Å². The molecular formula is C22H21F3N4OS. The molecule has 5 nitrogen and oxygen atoms in total. The summed E-state index contributed by atoms with van der Waals surface area (Å²) < 4.78 is 38.0. The van der Waals surface area contributed by atoms with Gasteiger partial charge < -0.3 is 16.4 Å². The number of aromatic nitrogens is 1. The van der Waals surface area contributed by atoms with E-state index < -0.39 is 11.7 Å². The van der Waals surface area contributed by atoms with Gasteiger partial charge in [0.2, 0.25) is 5.91 Å². The van der Waals surface area contributed by atoms with Crippen molar-refractivity contribution < 1.29 is 18.0 Å². The van der Waals surface area contributed by atoms with Crippen molar-refractivity contribution in [2.24, 2.45) is 5.73 Å². The smallest absolute Gasteiger partial charge is 0.360 e. The fourth-order valence-corrected chi connectivity index (χ4v) is 4.30. The molecule has 0 bridgehead atoms. The summed E-state index contributed by atoms with van der Waals surface area (Å²) in [5.74, 6) is -0.176. The first kappa shape index (κ1) is 21.3. The first-order valence-electron chi connectivity index (χ1n) is 9.77. The van der Waals surface area contributed by atoms with Gasteiger partial charge in [0.25, 0.3) is 0 Å². The summed E-state index contributed by atoms with van der Waals surface area (Å²) in [6, 6.07) is 10.6. The number of hydrogen-bond acceptors (Lipinski definition) is 5. The summed E-state index contributed by atoms with van der Waals surface area (Å²) in [5, 5.41) is 6.76. The molecule has 0 radical (unpaired) electrons. The summed E-state index contributed by atoms with van der Waals surface area (Å²) >= 11 is 1.48. The zero-order chi connectivity index (χ0) is 22.2. The van der Waals surface area contributed by atoms with Crippen molar-refractivity contribution in [2.45, 2.75) is 31.5 Å². The van der Waals surface area contributed by atoms with E-state index in [-0.39, 0.29) is 17.9 Å². The molecule has 2 atom stereocenters. The van der Waals surface area contributed by atoms with Crippen LogP contribution in [-0.4, -0.2) is 23.5 Å². The number of fused-ring (bicyclic) bond motifs is 1. The maximum Gasteiger partial charge on any atom is 0.416 e. The topological polar surface area (TPSA) is 80.0 Å². The monoisotopic (exact) mass is 446 g/mol. The molecular weight excluding hydrogens is 425 g/mol. The molecule has 1 aliphatic heterocycles. The molecule has 0 saturated carbocycles. The predicted octanol–water partition coefficient (Wildman–Crippen LogP) is 4.87. The van der Waals surface area contributed by atoms with E-state index in [1.165, 1.54) is 23.5 Å². The molecule has 2 unspecified atom stereocenters. The lowest BCUT2D eigenvalue weighted by atomic mass is 10.0. The Morgan fingerprint density at radius 1 is 1.23 bits per heavy atom. The molecule has 0 saturated heterocycles. The van der Waals surface area contributed by atoms with Gasteiger partial charge in [-0.05, 0) is 54.3 Å². The number of anilines is 2. The van der Waals surface area contributed by atoms with Crippen LogP contribution in [0.15, 0.2) is 48.7 Å². The van der Waals surface area contributed by atoms with E-state index in [1.807, 2.05) is 25.1 Å². The number of hydrogen-bond donors (Lipinski definition) is 3. The van der Waals surface area contributed by atoms with Crippen molar-refractivity contribution in [3.8, 4) is 10.4 Å². The minimum atomic E-state index is -4.34. The average Bonchev–Trinajstić information content (AvgIpc) is 3.31. The molecule has 1 aliphatic rings. The molecule has 4 rings (SSSR count). The lowest BCUT2D eigenvalue weighted by Crippen LogP contribution is -2.31. The number of nitrogens with one attached hydrogen (secondary N) is 2. The highest BCUT2D eigenvalue weighted by Gasteiger charge is 2.30. The number of benzene rings is 2. The van der Waals surface area contributed by atoms with Crippen LogP contribution in [0.25, 0.3) is 10.4 Å². The summed E-state index contributed by atoms with van der Waals surface area (Å²) in [4.78, 5) is 17.2. The highest BCUT2D eigenvalue weighted by atomic mass is 32.1. The quantitative estimate of drug-likeness (QED) is 0.505. The summed E-state index contributed by atoms with van der Waals surface area (Å²) in [5.41, 5.74) is 9.03. The van der Waals surface area contributed by atoms with Crippen LogP contribution in [0.1, 0.15) is 29.5 Å². The van der Waals surface area contributed by atoms with E-state index in [4.69, 9.17) is 5.73 Å². The molecule has 9 heteroatoms. The Balaban J connectivity index is 1.35. The molecule has 0 aliphatic carbocycles. The predicted molar refractivity (Wildman–Crippen MR) is 116 cm³/mol. The molecule has 31 heavy (non-hydrogen) atoms. The van der Waals surface area contributed by atoms with Crippen molar-refractivity contribution in [1.29, 1.82) is 0 Å². The van der Waals surface area contributed by atoms with Gasteiger partial charge >= 0.3 is 6.18 Å². The van der Waals surface area contributed by atoms with Gasteiger partial charge in [0.1, 0.15) is 0 Å². The standard InChI is InChI=1S/C22H21F3N4OS/c1-12-17-9-14(4-7-18(17)29-20(12)30)19-11-28-21(31-19)27-10-16(26)8-13-2-5-15(6-3-13)22(23,24)25/h2-7,9,11-12,16H,8,10,26H2,1H3,(H,27,28)(H,29,30). The molecule has 162 valence electrons. The number of carbonyl (C=O) groups excluding carboxylic acids is 1. The fraction of sp³-hybridized carbons (Fsp3) is 0.273. The Labute approximate surface area is 181 Å². The van der Waals surface area contributed by atoms with Gasteiger partial charge in [-0.2, -0.15) is 13.2 Å². The summed E-state index contributed by atoms with van der Waals surface area (Å²) in [6.07, 6.45) is -2.12. The normalized spacial score (nSPS) is 16.7. The van der Waals surface area contributed by atoms with Crippen LogP contribution in [0.3, 0.4) is 0 Å². The third-order valence-corrected chi connectivity index (χ3v) is 6.26. The van der Waals surface area contributed by atoms with Gasteiger partial charge in [-0.1, -0.05) is 29.5 Å². The zero-order valence-corrected chi connectivity index (χ0v) is 17.5. The molecule has 2 aromatic carbocycles. The van der Waals surface area contributed by atoms with Gasteiger partial charge in [0.05, 0.1) is 16.4 Å². The van der Waals surface area contributed by atoms with Gasteiger partial charge in [-0.25, -0.2) is 4.98 Å². The van der Waals surface area contributed by atoms with Gasteiger partial charge in [-0.15, -0.1) is 0 Å². The first-order chi connectivity index (χ1) is 14.7. The minimum Gasteiger partial charge on any atom is -0.360 e. The van der Waals surface area contributed by atoms with Crippen LogP contribution in [0.4, 0.5) is 24.0 Å². The van der Waals surface area contributed by atoms with Crippen LogP contribution in [-0.2, 0) is 17.4 Å². The van der Waals surface area contributed by atoms with Crippen LogP contribution in [0.5, 0.6) is 0 Å². The summed E-state index contributed by atoms with van der Waals surface area (Å²) in [6.45, 7) is 2.32. The van der Waals surface area contributed by atoms with E-state index in [0.29, 0.717) is 18.1 Å². The molecule has 2 heterocycles. The lowest BCUT2D eigenvalue weighted by Gasteiger charge is -2.13. The second kappa shape index (κ2) is 8.32. The minimum absolute atomic E-state index is 0.000781. The van der Waals surface area contributed by atoms with Crippen molar-refractivity contribution in [1.82, 2.24) is 4.98 Å². The van der Waals surface area contributed by atoms with E-state index in [0.717, 1.165) is 39.4 Å². The summed E-state index contributed by atoms with van der Waals surface area (Å²) in [7, 11) is 0. The number of thiazole rings is 1. The van der Waals surface area contributed by atoms with Crippen molar-refractivity contribution in [3.63, 3.8) is 0 Å². The Kier molecular flexibility index (Phi) is 5.72. The van der Waals surface area contributed by atoms with E-state index in [1.54, 1.807) is 6.20 Å². The largest absolute Gasteiger partial charge is 0.416 e. The van der Waals surface area contributed by atoms with Crippen LogP contribution in [0.2, 0.25) is 0 Å². The van der Waals surface area contributed by atoms with Crippen molar-refractivity contribution in [2.75, 3.05) is 17.2 Å². The lowest BCUT2D eigenvalue weighted by molar-refractivity contribution is -0.137. The fourth-order valence-electron chi connectivity index (χ4n) is 3.48. The van der Waals surface area contributed by atoms with E-state index in [2.05, 4.69) is 15.6 Å². The van der Waals surface area contributed by atoms with Crippen LogP contribution in [0, 0.1) is 0 Å². The molecule has 3 aromatic rings. The zero-order valence-electron chi connectivity index (χ0n) is 16.7. The third-order valence-electron chi connectivity index (χ3n) is 5.25. The first-order valence-corrected chi connectivity index (χ1v) is 10.6. The van der Waals surface area contributed by atoms with Crippen LogP contribution >= 0.6 is 11.3 Å². The average molecular weight is 446 g/mol.